The molecule has 32 heavy (non-hydrogen) atoms. The molecule has 0 saturated heterocycles. The van der Waals surface area contributed by atoms with Crippen molar-refractivity contribution in [2.75, 3.05) is 6.61 Å². The third-order valence-electron chi connectivity index (χ3n) is 4.96. The fraction of sp³-hybridized carbons (Fsp3) is 0.750. The van der Waals surface area contributed by atoms with Gasteiger partial charge >= 0.3 is 5.97 Å². The minimum atomic E-state index is -1.35. The van der Waals surface area contributed by atoms with Crippen molar-refractivity contribution >= 4 is 29.6 Å². The molecule has 0 heterocycles. The van der Waals surface area contributed by atoms with Crippen molar-refractivity contribution < 1.29 is 34.2 Å². The number of nitrogens with two attached hydrogens (primary N) is 2. The Kier molecular flexibility index (Phi) is 13.1. The molecular weight excluding hydrogens is 422 g/mol. The van der Waals surface area contributed by atoms with E-state index >= 15 is 0 Å². The van der Waals surface area contributed by atoms with Gasteiger partial charge in [-0.1, -0.05) is 34.1 Å². The third kappa shape index (κ3) is 10.5. The number of carbonyl (C=O) groups is 5. The second-order valence-electron chi connectivity index (χ2n) is 8.26. The standard InChI is InChI=1S/C20H37N5O7/c1-5-11(4)16(19(30)23-13(20(31)32)6-7-15(22)27)25-18(29)14(8-10(2)3)24-17(28)12(21)9-26/h10-14,16,26H,5-9,21H2,1-4H3,(H2,22,27)(H,23,30)(H,24,28)(H,25,29)(H,31,32). The fourth-order valence-electron chi connectivity index (χ4n) is 2.83. The number of primary amides is 1. The van der Waals surface area contributed by atoms with E-state index in [2.05, 4.69) is 16.0 Å². The number of hydrogen-bond acceptors (Lipinski definition) is 7. The minimum Gasteiger partial charge on any atom is -0.480 e. The molecule has 5 unspecified atom stereocenters. The van der Waals surface area contributed by atoms with Crippen LogP contribution < -0.4 is 27.4 Å². The quantitative estimate of drug-likeness (QED) is 0.148. The second-order valence-corrected chi connectivity index (χ2v) is 8.26. The van der Waals surface area contributed by atoms with Crippen LogP contribution in [-0.4, -0.2) is 70.6 Å². The van der Waals surface area contributed by atoms with Crippen LogP contribution in [0.5, 0.6) is 0 Å². The first-order valence-electron chi connectivity index (χ1n) is 10.6. The van der Waals surface area contributed by atoms with Crippen molar-refractivity contribution in [3.63, 3.8) is 0 Å². The maximum Gasteiger partial charge on any atom is 0.326 e. The number of aliphatic hydroxyl groups is 1. The van der Waals surface area contributed by atoms with Gasteiger partial charge in [0.15, 0.2) is 0 Å². The monoisotopic (exact) mass is 459 g/mol. The molecule has 0 aliphatic rings. The molecule has 0 aromatic rings. The van der Waals surface area contributed by atoms with Crippen molar-refractivity contribution in [1.29, 1.82) is 0 Å². The summed E-state index contributed by atoms with van der Waals surface area (Å²) in [6.45, 7) is 6.59. The molecule has 0 aromatic heterocycles. The maximum atomic E-state index is 12.9. The summed E-state index contributed by atoms with van der Waals surface area (Å²) in [6, 6.07) is -4.65. The lowest BCUT2D eigenvalue weighted by Gasteiger charge is -2.28. The van der Waals surface area contributed by atoms with Crippen LogP contribution in [0.4, 0.5) is 0 Å². The van der Waals surface area contributed by atoms with E-state index < -0.39 is 60.4 Å². The van der Waals surface area contributed by atoms with E-state index in [1.807, 2.05) is 13.8 Å². The number of aliphatic carboxylic acids is 1. The van der Waals surface area contributed by atoms with Crippen molar-refractivity contribution in [3.8, 4) is 0 Å². The zero-order chi connectivity index (χ0) is 25.0. The van der Waals surface area contributed by atoms with E-state index in [1.165, 1.54) is 0 Å². The molecule has 12 heteroatoms. The molecule has 0 bridgehead atoms. The van der Waals surface area contributed by atoms with Crippen LogP contribution >= 0.6 is 0 Å². The molecule has 5 atom stereocenters. The largest absolute Gasteiger partial charge is 0.480 e. The van der Waals surface area contributed by atoms with Crippen LogP contribution in [0.1, 0.15) is 53.4 Å². The van der Waals surface area contributed by atoms with Gasteiger partial charge in [0.1, 0.15) is 24.2 Å². The highest BCUT2D eigenvalue weighted by Crippen LogP contribution is 2.12. The molecule has 0 radical (unpaired) electrons. The van der Waals surface area contributed by atoms with E-state index in [-0.39, 0.29) is 31.1 Å². The van der Waals surface area contributed by atoms with E-state index in [4.69, 9.17) is 16.6 Å². The Morgan fingerprint density at radius 2 is 1.47 bits per heavy atom. The minimum absolute atomic E-state index is 0.0115. The summed E-state index contributed by atoms with van der Waals surface area (Å²) >= 11 is 0. The molecular formula is C20H37N5O7. The van der Waals surface area contributed by atoms with Crippen LogP contribution in [-0.2, 0) is 24.0 Å². The zero-order valence-electron chi connectivity index (χ0n) is 19.1. The van der Waals surface area contributed by atoms with Gasteiger partial charge in [-0.05, 0) is 24.7 Å². The number of carboxylic acids is 1. The third-order valence-corrected chi connectivity index (χ3v) is 4.96. The Hall–Kier alpha value is -2.73. The highest BCUT2D eigenvalue weighted by Gasteiger charge is 2.33. The molecule has 0 rings (SSSR count). The Morgan fingerprint density at radius 1 is 0.906 bits per heavy atom. The highest BCUT2D eigenvalue weighted by molar-refractivity contribution is 5.94. The lowest BCUT2D eigenvalue weighted by molar-refractivity contribution is -0.143. The summed E-state index contributed by atoms with van der Waals surface area (Å²) in [7, 11) is 0. The van der Waals surface area contributed by atoms with Crippen LogP contribution in [0.15, 0.2) is 0 Å². The van der Waals surface area contributed by atoms with Gasteiger partial charge in [0, 0.05) is 6.42 Å². The van der Waals surface area contributed by atoms with Crippen LogP contribution in [0, 0.1) is 11.8 Å². The Balaban J connectivity index is 5.52. The summed E-state index contributed by atoms with van der Waals surface area (Å²) in [4.78, 5) is 60.2. The average molecular weight is 460 g/mol. The van der Waals surface area contributed by atoms with Gasteiger partial charge in [-0.2, -0.15) is 0 Å². The van der Waals surface area contributed by atoms with Gasteiger partial charge in [0.05, 0.1) is 6.61 Å². The van der Waals surface area contributed by atoms with Crippen molar-refractivity contribution in [2.45, 2.75) is 77.5 Å². The molecule has 12 nitrogen and oxygen atoms in total. The smallest absolute Gasteiger partial charge is 0.326 e. The molecule has 9 N–H and O–H groups in total. The number of carboxylic acid groups (broad SMARTS) is 1. The van der Waals surface area contributed by atoms with Gasteiger partial charge in [-0.25, -0.2) is 4.79 Å². The molecule has 0 fully saturated rings. The highest BCUT2D eigenvalue weighted by atomic mass is 16.4. The first kappa shape index (κ1) is 29.3. The lowest BCUT2D eigenvalue weighted by Crippen LogP contribution is -2.59. The molecule has 0 aromatic carbocycles. The first-order valence-corrected chi connectivity index (χ1v) is 10.6. The second kappa shape index (κ2) is 14.4. The van der Waals surface area contributed by atoms with Crippen LogP contribution in [0.3, 0.4) is 0 Å². The normalized spacial score (nSPS) is 15.7. The summed E-state index contributed by atoms with van der Waals surface area (Å²) in [5.74, 6) is -4.47. The van der Waals surface area contributed by atoms with E-state index in [0.29, 0.717) is 6.42 Å². The zero-order valence-corrected chi connectivity index (χ0v) is 19.1. The summed E-state index contributed by atoms with van der Waals surface area (Å²) in [5, 5.41) is 25.8. The van der Waals surface area contributed by atoms with Crippen molar-refractivity contribution in [1.82, 2.24) is 16.0 Å². The maximum absolute atomic E-state index is 12.9. The fourth-order valence-corrected chi connectivity index (χ4v) is 2.83. The predicted molar refractivity (Wildman–Crippen MR) is 116 cm³/mol. The number of rotatable bonds is 15. The average Bonchev–Trinajstić information content (AvgIpc) is 2.71. The summed E-state index contributed by atoms with van der Waals surface area (Å²) in [5.41, 5.74) is 10.6. The van der Waals surface area contributed by atoms with Gasteiger partial charge in [0.2, 0.25) is 23.6 Å². The molecule has 184 valence electrons. The molecule has 0 aliphatic carbocycles. The summed E-state index contributed by atoms with van der Waals surface area (Å²) < 4.78 is 0. The Morgan fingerprint density at radius 3 is 1.91 bits per heavy atom. The number of amides is 4. The number of carbonyl (C=O) groups excluding carboxylic acids is 4. The number of aliphatic hydroxyl groups excluding tert-OH is 1. The van der Waals surface area contributed by atoms with E-state index in [1.54, 1.807) is 13.8 Å². The molecule has 4 amide bonds. The molecule has 0 spiro atoms. The van der Waals surface area contributed by atoms with Crippen LogP contribution in [0.25, 0.3) is 0 Å². The van der Waals surface area contributed by atoms with Gasteiger partial charge in [-0.3, -0.25) is 19.2 Å². The van der Waals surface area contributed by atoms with Crippen molar-refractivity contribution in [3.05, 3.63) is 0 Å². The molecule has 0 saturated carbocycles. The first-order chi connectivity index (χ1) is 14.8. The number of nitrogens with one attached hydrogen (secondary N) is 3. The SMILES string of the molecule is CCC(C)C(NC(=O)C(CC(C)C)NC(=O)C(N)CO)C(=O)NC(CCC(N)=O)C(=O)O. The number of hydrogen-bond donors (Lipinski definition) is 7. The lowest BCUT2D eigenvalue weighted by atomic mass is 9.96. The van der Waals surface area contributed by atoms with Gasteiger partial charge < -0.3 is 37.6 Å². The summed E-state index contributed by atoms with van der Waals surface area (Å²) in [6.07, 6.45) is 0.322. The Labute approximate surface area is 187 Å². The molecule has 0 aliphatic heterocycles. The van der Waals surface area contributed by atoms with E-state index in [0.717, 1.165) is 0 Å². The Bertz CT molecular complexity index is 671. The van der Waals surface area contributed by atoms with Crippen LogP contribution in [0.2, 0.25) is 0 Å². The van der Waals surface area contributed by atoms with Gasteiger partial charge in [0.25, 0.3) is 0 Å². The topological polar surface area (TPSA) is 214 Å². The van der Waals surface area contributed by atoms with Crippen molar-refractivity contribution in [2.24, 2.45) is 23.3 Å². The van der Waals surface area contributed by atoms with E-state index in [9.17, 15) is 29.1 Å². The van der Waals surface area contributed by atoms with Gasteiger partial charge in [-0.15, -0.1) is 0 Å². The predicted octanol–water partition coefficient (Wildman–Crippen LogP) is -1.80.